The molecule has 2 nitrogen and oxygen atoms in total. The molecule has 2 saturated carbocycles. The Morgan fingerprint density at radius 2 is 1.71 bits per heavy atom. The molecule has 0 bridgehead atoms. The fraction of sp³-hybridized carbons (Fsp3) is 0.960. The average Bonchev–Trinajstić information content (AvgIpc) is 3.01. The summed E-state index contributed by atoms with van der Waals surface area (Å²) in [5.74, 6) is 2.57. The smallest absolute Gasteiger partial charge is 0.192 e. The number of hydrogen-bond acceptors (Lipinski definition) is 2. The van der Waals surface area contributed by atoms with Gasteiger partial charge in [0.2, 0.25) is 0 Å². The molecule has 0 heterocycles. The highest BCUT2D eigenvalue weighted by molar-refractivity contribution is 6.73. The maximum atomic E-state index is 12.4. The molecule has 2 rings (SSSR count). The Labute approximate surface area is 176 Å². The lowest BCUT2D eigenvalue weighted by atomic mass is 9.61. The Hall–Kier alpha value is -0.153. The van der Waals surface area contributed by atoms with E-state index in [-0.39, 0.29) is 5.41 Å². The highest BCUT2D eigenvalue weighted by atomic mass is 28.4. The molecule has 1 unspecified atom stereocenters. The molecule has 28 heavy (non-hydrogen) atoms. The van der Waals surface area contributed by atoms with Crippen molar-refractivity contribution in [1.29, 1.82) is 0 Å². The zero-order chi connectivity index (χ0) is 21.2. The van der Waals surface area contributed by atoms with E-state index in [0.717, 1.165) is 24.7 Å². The number of hydrogen-bond donors (Lipinski definition) is 0. The van der Waals surface area contributed by atoms with Crippen LogP contribution in [0.5, 0.6) is 0 Å². The third-order valence-corrected chi connectivity index (χ3v) is 13.5. The molecule has 2 aliphatic rings. The van der Waals surface area contributed by atoms with Crippen LogP contribution in [-0.4, -0.2) is 20.2 Å². The number of Topliss-reactive ketones (excluding diaryl/α,β-unsaturated/α-hetero) is 1. The number of fused-ring (bicyclic) bond motifs is 1. The molecule has 2 fully saturated rings. The Balaban J connectivity index is 2.07. The van der Waals surface area contributed by atoms with Gasteiger partial charge in [-0.2, -0.15) is 0 Å². The minimum absolute atomic E-state index is 0.194. The van der Waals surface area contributed by atoms with Crippen molar-refractivity contribution in [3.05, 3.63) is 0 Å². The van der Waals surface area contributed by atoms with E-state index in [1.807, 2.05) is 0 Å². The summed E-state index contributed by atoms with van der Waals surface area (Å²) in [6.45, 7) is 18.2. The zero-order valence-corrected chi connectivity index (χ0v) is 21.2. The van der Waals surface area contributed by atoms with Gasteiger partial charge < -0.3 is 4.43 Å². The van der Waals surface area contributed by atoms with Crippen LogP contribution >= 0.6 is 0 Å². The van der Waals surface area contributed by atoms with Gasteiger partial charge in [0.15, 0.2) is 8.32 Å². The summed E-state index contributed by atoms with van der Waals surface area (Å²) < 4.78 is 7.06. The lowest BCUT2D eigenvalue weighted by molar-refractivity contribution is -0.126. The van der Waals surface area contributed by atoms with E-state index in [1.54, 1.807) is 0 Å². The van der Waals surface area contributed by atoms with E-state index >= 15 is 0 Å². The average molecular weight is 409 g/mol. The summed E-state index contributed by atoms with van der Waals surface area (Å²) in [5, 5.41) is 0. The van der Waals surface area contributed by atoms with Crippen LogP contribution in [0.3, 0.4) is 0 Å². The summed E-state index contributed by atoms with van der Waals surface area (Å²) in [7, 11) is -1.54. The van der Waals surface area contributed by atoms with E-state index in [4.69, 9.17) is 4.43 Å². The second-order valence-corrected chi connectivity index (χ2v) is 16.0. The molecule has 0 spiro atoms. The molecule has 2 aliphatic carbocycles. The van der Waals surface area contributed by atoms with Crippen LogP contribution in [-0.2, 0) is 9.22 Å². The SMILES string of the molecule is CC[Si](CC)(CC)O[C@H]1CCC[C@@]2(C)C1CC[C@@H]2[C@H](C)CCC(=O)C(C)(C)C. The van der Waals surface area contributed by atoms with E-state index in [2.05, 4.69) is 55.4 Å². The van der Waals surface area contributed by atoms with Crippen LogP contribution in [0.1, 0.15) is 100 Å². The monoisotopic (exact) mass is 408 g/mol. The van der Waals surface area contributed by atoms with Gasteiger partial charge in [0, 0.05) is 17.9 Å². The quantitative estimate of drug-likeness (QED) is 0.367. The third-order valence-electron chi connectivity index (χ3n) is 8.82. The lowest BCUT2D eigenvalue weighted by Gasteiger charge is -2.49. The van der Waals surface area contributed by atoms with Crippen molar-refractivity contribution in [2.24, 2.45) is 28.6 Å². The maximum absolute atomic E-state index is 12.4. The van der Waals surface area contributed by atoms with Crippen molar-refractivity contribution in [1.82, 2.24) is 0 Å². The Kier molecular flexibility index (Phi) is 8.04. The van der Waals surface area contributed by atoms with Crippen molar-refractivity contribution in [3.63, 3.8) is 0 Å². The van der Waals surface area contributed by atoms with E-state index in [9.17, 15) is 4.79 Å². The molecule has 0 radical (unpaired) electrons. The van der Waals surface area contributed by atoms with Crippen LogP contribution in [0.25, 0.3) is 0 Å². The van der Waals surface area contributed by atoms with Gasteiger partial charge in [-0.3, -0.25) is 4.79 Å². The number of carbonyl (C=O) groups excluding carboxylic acids is 1. The van der Waals surface area contributed by atoms with Gasteiger partial charge in [-0.1, -0.05) is 61.8 Å². The van der Waals surface area contributed by atoms with E-state index in [1.165, 1.54) is 50.2 Å². The first kappa shape index (κ1) is 24.1. The van der Waals surface area contributed by atoms with Crippen molar-refractivity contribution >= 4 is 14.1 Å². The van der Waals surface area contributed by atoms with Gasteiger partial charge in [-0.15, -0.1) is 0 Å². The summed E-state index contributed by atoms with van der Waals surface area (Å²) in [5.41, 5.74) is 0.225. The number of rotatable bonds is 9. The first-order valence-corrected chi connectivity index (χ1v) is 14.8. The van der Waals surface area contributed by atoms with Gasteiger partial charge in [0.05, 0.1) is 0 Å². The minimum Gasteiger partial charge on any atom is -0.414 e. The molecular weight excluding hydrogens is 360 g/mol. The number of ketones is 1. The summed E-state index contributed by atoms with van der Waals surface area (Å²) in [4.78, 5) is 12.4. The lowest BCUT2D eigenvalue weighted by Crippen LogP contribution is -2.48. The molecule has 0 aliphatic heterocycles. The molecule has 0 aromatic carbocycles. The van der Waals surface area contributed by atoms with Crippen LogP contribution in [0.15, 0.2) is 0 Å². The molecule has 0 aromatic heterocycles. The predicted molar refractivity (Wildman–Crippen MR) is 123 cm³/mol. The maximum Gasteiger partial charge on any atom is 0.192 e. The van der Waals surface area contributed by atoms with Crippen molar-refractivity contribution in [2.75, 3.05) is 0 Å². The first-order valence-electron chi connectivity index (χ1n) is 12.2. The molecule has 3 heteroatoms. The zero-order valence-electron chi connectivity index (χ0n) is 20.2. The van der Waals surface area contributed by atoms with Gasteiger partial charge in [-0.05, 0) is 73.4 Å². The topological polar surface area (TPSA) is 26.3 Å². The first-order chi connectivity index (χ1) is 13.0. The third kappa shape index (κ3) is 4.94. The molecule has 0 amide bonds. The van der Waals surface area contributed by atoms with Crippen LogP contribution in [0.2, 0.25) is 18.1 Å². The van der Waals surface area contributed by atoms with E-state index < -0.39 is 8.32 Å². The molecule has 0 aromatic rings. The highest BCUT2D eigenvalue weighted by Gasteiger charge is 2.53. The van der Waals surface area contributed by atoms with E-state index in [0.29, 0.717) is 23.2 Å². The van der Waals surface area contributed by atoms with Gasteiger partial charge in [-0.25, -0.2) is 0 Å². The molecule has 5 atom stereocenters. The molecule has 164 valence electrons. The normalized spacial score (nSPS) is 32.2. The highest BCUT2D eigenvalue weighted by Crippen LogP contribution is 2.59. The number of carbonyl (C=O) groups is 1. The largest absolute Gasteiger partial charge is 0.414 e. The van der Waals surface area contributed by atoms with Crippen LogP contribution in [0.4, 0.5) is 0 Å². The van der Waals surface area contributed by atoms with Crippen molar-refractivity contribution in [2.45, 2.75) is 125 Å². The standard InChI is InChI=1S/C25H48O2Si/c1-9-28(10-2,11-3)27-22-13-12-18-25(8)20(15-16-21(22)25)19(4)14-17-23(26)24(5,6)7/h19-22H,9-18H2,1-8H3/t19-,20-,21?,22+,25-/m1/s1. The second-order valence-electron chi connectivity index (χ2n) is 11.3. The van der Waals surface area contributed by atoms with Crippen molar-refractivity contribution in [3.8, 4) is 0 Å². The van der Waals surface area contributed by atoms with Gasteiger partial charge >= 0.3 is 0 Å². The Morgan fingerprint density at radius 3 is 2.25 bits per heavy atom. The predicted octanol–water partition coefficient (Wildman–Crippen LogP) is 7.62. The van der Waals surface area contributed by atoms with Gasteiger partial charge in [0.25, 0.3) is 0 Å². The van der Waals surface area contributed by atoms with Crippen molar-refractivity contribution < 1.29 is 9.22 Å². The Morgan fingerprint density at radius 1 is 1.11 bits per heavy atom. The van der Waals surface area contributed by atoms with Gasteiger partial charge in [0.1, 0.15) is 5.78 Å². The minimum atomic E-state index is -1.54. The molecule has 0 N–H and O–H groups in total. The fourth-order valence-corrected chi connectivity index (χ4v) is 9.42. The molecule has 0 saturated heterocycles. The summed E-state index contributed by atoms with van der Waals surface area (Å²) in [6.07, 6.45) is 8.95. The van der Waals surface area contributed by atoms with Crippen LogP contribution in [0, 0.1) is 28.6 Å². The second kappa shape index (κ2) is 9.33. The summed E-state index contributed by atoms with van der Waals surface area (Å²) >= 11 is 0. The van der Waals surface area contributed by atoms with Crippen LogP contribution < -0.4 is 0 Å². The fourth-order valence-electron chi connectivity index (χ4n) is 6.49. The Bertz CT molecular complexity index is 511. The summed E-state index contributed by atoms with van der Waals surface area (Å²) in [6, 6.07) is 3.78. The molecular formula is C25H48O2Si.